The number of guanidine groups is 1. The van der Waals surface area contributed by atoms with Crippen molar-refractivity contribution in [2.45, 2.75) is 31.3 Å². The Morgan fingerprint density at radius 1 is 1.23 bits per heavy atom. The Morgan fingerprint density at radius 3 is 2.65 bits per heavy atom. The molecule has 2 amide bonds. The van der Waals surface area contributed by atoms with Crippen LogP contribution in [0.25, 0.3) is 10.9 Å². The highest BCUT2D eigenvalue weighted by atomic mass is 16.2. The largest absolute Gasteiger partial charge is 0.370 e. The summed E-state index contributed by atoms with van der Waals surface area (Å²) < 4.78 is 0. The van der Waals surface area contributed by atoms with E-state index < -0.39 is 23.9 Å². The van der Waals surface area contributed by atoms with E-state index in [2.05, 4.69) is 15.6 Å². The van der Waals surface area contributed by atoms with Crippen LogP contribution < -0.4 is 27.8 Å². The predicted octanol–water partition coefficient (Wildman–Crippen LogP) is -0.729. The fourth-order valence-electron chi connectivity index (χ4n) is 2.70. The lowest BCUT2D eigenvalue weighted by Crippen LogP contribution is -2.51. The second kappa shape index (κ2) is 8.86. The summed E-state index contributed by atoms with van der Waals surface area (Å²) >= 11 is 0. The van der Waals surface area contributed by atoms with Gasteiger partial charge in [0.05, 0.1) is 6.04 Å². The van der Waals surface area contributed by atoms with Crippen LogP contribution in [0.3, 0.4) is 0 Å². The first kappa shape index (κ1) is 19.3. The maximum Gasteiger partial charge on any atom is 0.240 e. The van der Waals surface area contributed by atoms with Gasteiger partial charge in [0.15, 0.2) is 5.96 Å². The summed E-state index contributed by atoms with van der Waals surface area (Å²) in [5.74, 6) is -1.18. The minimum Gasteiger partial charge on any atom is -0.370 e. The first-order chi connectivity index (χ1) is 12.4. The third-order valence-corrected chi connectivity index (χ3v) is 4.10. The van der Waals surface area contributed by atoms with Gasteiger partial charge in [0, 0.05) is 30.1 Å². The minimum atomic E-state index is -0.844. The highest BCUT2D eigenvalue weighted by molar-refractivity contribution is 5.90. The molecule has 0 saturated carbocycles. The number of amides is 2. The summed E-state index contributed by atoms with van der Waals surface area (Å²) in [5, 5.41) is 13.3. The van der Waals surface area contributed by atoms with Gasteiger partial charge < -0.3 is 32.8 Å². The van der Waals surface area contributed by atoms with Crippen LogP contribution in [0.1, 0.15) is 18.4 Å². The van der Waals surface area contributed by atoms with Crippen LogP contribution in [-0.4, -0.2) is 41.4 Å². The quantitative estimate of drug-likeness (QED) is 0.177. The predicted molar refractivity (Wildman–Crippen MR) is 100 cm³/mol. The van der Waals surface area contributed by atoms with E-state index in [1.807, 2.05) is 24.3 Å². The number of H-pyrrole nitrogens is 1. The first-order valence-electron chi connectivity index (χ1n) is 8.36. The van der Waals surface area contributed by atoms with Crippen molar-refractivity contribution < 1.29 is 9.59 Å². The summed E-state index contributed by atoms with van der Waals surface area (Å²) in [7, 11) is 0. The first-order valence-corrected chi connectivity index (χ1v) is 8.36. The van der Waals surface area contributed by atoms with Gasteiger partial charge >= 0.3 is 0 Å². The fraction of sp³-hybridized carbons (Fsp3) is 0.353. The number of aromatic nitrogens is 1. The van der Waals surface area contributed by atoms with Crippen molar-refractivity contribution in [2.24, 2.45) is 17.2 Å². The molecule has 26 heavy (non-hydrogen) atoms. The summed E-state index contributed by atoms with van der Waals surface area (Å²) in [4.78, 5) is 27.1. The Hall–Kier alpha value is -3.07. The molecule has 2 aromatic rings. The van der Waals surface area contributed by atoms with E-state index in [9.17, 15) is 9.59 Å². The van der Waals surface area contributed by atoms with E-state index >= 15 is 0 Å². The molecule has 0 spiro atoms. The number of hydrogen-bond acceptors (Lipinski definition) is 4. The van der Waals surface area contributed by atoms with Crippen molar-refractivity contribution in [1.29, 1.82) is 5.41 Å². The molecule has 140 valence electrons. The lowest BCUT2D eigenvalue weighted by molar-refractivity contribution is -0.128. The van der Waals surface area contributed by atoms with Crippen molar-refractivity contribution in [3.63, 3.8) is 0 Å². The monoisotopic (exact) mass is 359 g/mol. The van der Waals surface area contributed by atoms with Gasteiger partial charge in [-0.05, 0) is 24.5 Å². The van der Waals surface area contributed by atoms with Crippen LogP contribution in [0.4, 0.5) is 0 Å². The minimum absolute atomic E-state index is 0.129. The summed E-state index contributed by atoms with van der Waals surface area (Å²) in [6.07, 6.45) is 3.05. The molecule has 0 fully saturated rings. The van der Waals surface area contributed by atoms with Crippen molar-refractivity contribution in [1.82, 2.24) is 15.6 Å². The van der Waals surface area contributed by atoms with Gasteiger partial charge in [-0.3, -0.25) is 15.0 Å². The molecule has 0 aliphatic heterocycles. The Bertz CT molecular complexity index is 786. The Kier molecular flexibility index (Phi) is 6.56. The molecule has 0 radical (unpaired) electrons. The van der Waals surface area contributed by atoms with Crippen molar-refractivity contribution in [3.8, 4) is 0 Å². The molecule has 2 atom stereocenters. The summed E-state index contributed by atoms with van der Waals surface area (Å²) in [6.45, 7) is 0.449. The zero-order valence-electron chi connectivity index (χ0n) is 14.4. The summed E-state index contributed by atoms with van der Waals surface area (Å²) in [5.41, 5.74) is 18.3. The molecule has 1 aromatic carbocycles. The van der Waals surface area contributed by atoms with Gasteiger partial charge in [-0.15, -0.1) is 0 Å². The molecular formula is C17H25N7O2. The van der Waals surface area contributed by atoms with Crippen LogP contribution in [0.15, 0.2) is 30.5 Å². The molecule has 0 bridgehead atoms. The van der Waals surface area contributed by atoms with Crippen LogP contribution >= 0.6 is 0 Å². The van der Waals surface area contributed by atoms with E-state index in [0.717, 1.165) is 16.5 Å². The van der Waals surface area contributed by atoms with E-state index in [1.165, 1.54) is 0 Å². The number of aromatic amines is 1. The van der Waals surface area contributed by atoms with Gasteiger partial charge in [-0.25, -0.2) is 0 Å². The number of primary amides is 1. The smallest absolute Gasteiger partial charge is 0.240 e. The lowest BCUT2D eigenvalue weighted by Gasteiger charge is -2.18. The molecule has 1 heterocycles. The third kappa shape index (κ3) is 5.21. The number of nitrogens with two attached hydrogens (primary N) is 3. The topological polar surface area (TPSA) is 176 Å². The molecule has 1 aromatic heterocycles. The highest BCUT2D eigenvalue weighted by Gasteiger charge is 2.23. The van der Waals surface area contributed by atoms with Gasteiger partial charge in [0.25, 0.3) is 0 Å². The molecule has 0 aliphatic carbocycles. The third-order valence-electron chi connectivity index (χ3n) is 4.10. The van der Waals surface area contributed by atoms with Crippen LogP contribution in [-0.2, 0) is 16.0 Å². The van der Waals surface area contributed by atoms with Gasteiger partial charge in [-0.2, -0.15) is 0 Å². The van der Waals surface area contributed by atoms with E-state index in [0.29, 0.717) is 19.4 Å². The van der Waals surface area contributed by atoms with Crippen molar-refractivity contribution in [3.05, 3.63) is 36.0 Å². The number of nitrogens with one attached hydrogen (secondary N) is 4. The number of hydrogen-bond donors (Lipinski definition) is 7. The standard InChI is InChI=1S/C17H25N7O2/c18-12(5-3-7-22-17(20)21)16(26)24-14(15(19)25)8-10-9-23-13-6-2-1-4-11(10)13/h1-2,4,6,9,12,14,23H,3,5,7-8,18H2,(H2,19,25)(H,24,26)(H4,20,21,22)/t12-,14-/m0/s1. The van der Waals surface area contributed by atoms with Gasteiger partial charge in [0.2, 0.25) is 11.8 Å². The van der Waals surface area contributed by atoms with Crippen molar-refractivity contribution in [2.75, 3.05) is 6.54 Å². The molecule has 10 N–H and O–H groups in total. The number of para-hydroxylation sites is 1. The number of carbonyl (C=O) groups is 2. The SMILES string of the molecule is N=C(N)NCCC[C@H](N)C(=O)N[C@@H](Cc1c[nH]c2ccccc12)C(N)=O. The molecule has 9 heteroatoms. The maximum atomic E-state index is 12.2. The average Bonchev–Trinajstić information content (AvgIpc) is 3.00. The van der Waals surface area contributed by atoms with E-state index in [-0.39, 0.29) is 12.4 Å². The molecule has 9 nitrogen and oxygen atoms in total. The normalized spacial score (nSPS) is 13.1. The molecule has 2 rings (SSSR count). The summed E-state index contributed by atoms with van der Waals surface area (Å²) in [6, 6.07) is 6.08. The average molecular weight is 359 g/mol. The van der Waals surface area contributed by atoms with Crippen LogP contribution in [0, 0.1) is 5.41 Å². The fourth-order valence-corrected chi connectivity index (χ4v) is 2.70. The zero-order valence-corrected chi connectivity index (χ0v) is 14.4. The highest BCUT2D eigenvalue weighted by Crippen LogP contribution is 2.19. The Morgan fingerprint density at radius 2 is 1.96 bits per heavy atom. The Labute approximate surface area is 151 Å². The second-order valence-electron chi connectivity index (χ2n) is 6.12. The van der Waals surface area contributed by atoms with Gasteiger partial charge in [0.1, 0.15) is 6.04 Å². The number of fused-ring (bicyclic) bond motifs is 1. The molecule has 0 unspecified atom stereocenters. The van der Waals surface area contributed by atoms with E-state index in [4.69, 9.17) is 22.6 Å². The van der Waals surface area contributed by atoms with Crippen LogP contribution in [0.5, 0.6) is 0 Å². The molecule has 0 aliphatic rings. The lowest BCUT2D eigenvalue weighted by atomic mass is 10.0. The van der Waals surface area contributed by atoms with E-state index in [1.54, 1.807) is 6.20 Å². The molecular weight excluding hydrogens is 334 g/mol. The van der Waals surface area contributed by atoms with Crippen molar-refractivity contribution >= 4 is 28.7 Å². The number of rotatable bonds is 9. The Balaban J connectivity index is 1.94. The van der Waals surface area contributed by atoms with Gasteiger partial charge in [-0.1, -0.05) is 18.2 Å². The maximum absolute atomic E-state index is 12.2. The second-order valence-corrected chi connectivity index (χ2v) is 6.12. The zero-order chi connectivity index (χ0) is 19.1. The number of benzene rings is 1. The van der Waals surface area contributed by atoms with Crippen LogP contribution in [0.2, 0.25) is 0 Å². The number of carbonyl (C=O) groups excluding carboxylic acids is 2. The molecule has 0 saturated heterocycles.